The van der Waals surface area contributed by atoms with Crippen molar-refractivity contribution >= 4 is 21.6 Å². The molecular formula is C10H6ClF2N3O2S. The van der Waals surface area contributed by atoms with Crippen molar-refractivity contribution in [2.75, 3.05) is 0 Å². The number of nitrogens with two attached hydrogens (primary N) is 1. The lowest BCUT2D eigenvalue weighted by Crippen LogP contribution is -2.15. The lowest BCUT2D eigenvalue weighted by molar-refractivity contribution is 0.553. The largest absolute Gasteiger partial charge is 0.241 e. The van der Waals surface area contributed by atoms with E-state index in [1.165, 1.54) is 18.3 Å². The van der Waals surface area contributed by atoms with Crippen LogP contribution in [0.1, 0.15) is 0 Å². The Labute approximate surface area is 112 Å². The minimum Gasteiger partial charge on any atom is -0.225 e. The standard InChI is InChI=1S/C10H6ClF2N3O2S/c11-5-4-7(19(14,17)18)10(13)8(9(5)12)6-2-1-3-15-16-6/h1-4H,(H2,14,17,18). The molecule has 0 fully saturated rings. The second-order valence-corrected chi connectivity index (χ2v) is 5.45. The first-order valence-electron chi connectivity index (χ1n) is 4.80. The van der Waals surface area contributed by atoms with Crippen LogP contribution >= 0.6 is 11.6 Å². The molecule has 0 aliphatic rings. The number of rotatable bonds is 2. The summed E-state index contributed by atoms with van der Waals surface area (Å²) in [6, 6.07) is 3.26. The highest BCUT2D eigenvalue weighted by molar-refractivity contribution is 7.89. The fourth-order valence-electron chi connectivity index (χ4n) is 1.45. The van der Waals surface area contributed by atoms with Crippen molar-refractivity contribution in [3.8, 4) is 11.3 Å². The van der Waals surface area contributed by atoms with Gasteiger partial charge in [0.05, 0.1) is 16.3 Å². The summed E-state index contributed by atoms with van der Waals surface area (Å²) in [4.78, 5) is -0.903. The summed E-state index contributed by atoms with van der Waals surface area (Å²) >= 11 is 5.54. The van der Waals surface area contributed by atoms with Crippen LogP contribution < -0.4 is 5.14 Å². The quantitative estimate of drug-likeness (QED) is 0.856. The minimum absolute atomic E-state index is 0.190. The van der Waals surface area contributed by atoms with E-state index in [9.17, 15) is 17.2 Å². The van der Waals surface area contributed by atoms with Gasteiger partial charge in [-0.3, -0.25) is 0 Å². The molecule has 0 aliphatic carbocycles. The fourth-order valence-corrected chi connectivity index (χ4v) is 2.35. The minimum atomic E-state index is -4.38. The van der Waals surface area contributed by atoms with Gasteiger partial charge in [0, 0.05) is 6.20 Å². The number of benzene rings is 1. The highest BCUT2D eigenvalue weighted by atomic mass is 35.5. The second-order valence-electron chi connectivity index (χ2n) is 3.51. The number of hydrogen-bond donors (Lipinski definition) is 1. The monoisotopic (exact) mass is 305 g/mol. The van der Waals surface area contributed by atoms with Crippen LogP contribution in [-0.2, 0) is 10.0 Å². The molecule has 1 aromatic heterocycles. The van der Waals surface area contributed by atoms with Crippen LogP contribution in [-0.4, -0.2) is 18.6 Å². The molecule has 2 aromatic rings. The lowest BCUT2D eigenvalue weighted by atomic mass is 10.1. The van der Waals surface area contributed by atoms with Crippen molar-refractivity contribution in [2.24, 2.45) is 5.14 Å². The first-order chi connectivity index (χ1) is 8.82. The number of nitrogens with zero attached hydrogens (tertiary/aromatic N) is 2. The molecule has 0 unspecified atom stereocenters. The van der Waals surface area contributed by atoms with E-state index in [0.717, 1.165) is 0 Å². The van der Waals surface area contributed by atoms with Crippen LogP contribution in [0.5, 0.6) is 0 Å². The van der Waals surface area contributed by atoms with Gasteiger partial charge in [-0.2, -0.15) is 10.2 Å². The molecule has 0 amide bonds. The van der Waals surface area contributed by atoms with Gasteiger partial charge >= 0.3 is 0 Å². The molecule has 19 heavy (non-hydrogen) atoms. The Morgan fingerprint density at radius 3 is 2.47 bits per heavy atom. The van der Waals surface area contributed by atoms with Crippen molar-refractivity contribution in [1.82, 2.24) is 10.2 Å². The highest BCUT2D eigenvalue weighted by Crippen LogP contribution is 2.32. The maximum atomic E-state index is 14.1. The van der Waals surface area contributed by atoms with Gasteiger partial charge in [-0.15, -0.1) is 0 Å². The Morgan fingerprint density at radius 1 is 1.26 bits per heavy atom. The van der Waals surface area contributed by atoms with Crippen LogP contribution in [0.15, 0.2) is 29.3 Å². The molecule has 0 spiro atoms. The predicted molar refractivity (Wildman–Crippen MR) is 63.8 cm³/mol. The Bertz CT molecular complexity index is 738. The second kappa shape index (κ2) is 4.80. The Morgan fingerprint density at radius 2 is 1.95 bits per heavy atom. The Kier molecular flexibility index (Phi) is 3.48. The zero-order valence-electron chi connectivity index (χ0n) is 9.14. The zero-order valence-corrected chi connectivity index (χ0v) is 10.7. The molecular weight excluding hydrogens is 300 g/mol. The SMILES string of the molecule is NS(=O)(=O)c1cc(Cl)c(F)c(-c2cccnn2)c1F. The van der Waals surface area contributed by atoms with E-state index in [4.69, 9.17) is 16.7 Å². The third-order valence-electron chi connectivity index (χ3n) is 2.26. The third-order valence-corrected chi connectivity index (χ3v) is 3.44. The van der Waals surface area contributed by atoms with Gasteiger partial charge in [-0.1, -0.05) is 11.6 Å². The summed E-state index contributed by atoms with van der Waals surface area (Å²) in [5, 5.41) is 11.2. The van der Waals surface area contributed by atoms with E-state index in [1.54, 1.807) is 0 Å². The van der Waals surface area contributed by atoms with E-state index in [2.05, 4.69) is 10.2 Å². The van der Waals surface area contributed by atoms with Crippen molar-refractivity contribution in [3.05, 3.63) is 41.1 Å². The summed E-state index contributed by atoms with van der Waals surface area (Å²) in [6.07, 6.45) is 1.30. The van der Waals surface area contributed by atoms with Crippen LogP contribution in [0, 0.1) is 11.6 Å². The van der Waals surface area contributed by atoms with Gasteiger partial charge in [-0.05, 0) is 18.2 Å². The molecule has 0 radical (unpaired) electrons. The molecule has 0 saturated heterocycles. The molecule has 0 saturated carbocycles. The number of primary sulfonamides is 1. The van der Waals surface area contributed by atoms with E-state index in [-0.39, 0.29) is 5.69 Å². The normalized spacial score (nSPS) is 11.6. The van der Waals surface area contributed by atoms with Crippen LogP contribution in [0.4, 0.5) is 8.78 Å². The topological polar surface area (TPSA) is 85.9 Å². The molecule has 5 nitrogen and oxygen atoms in total. The van der Waals surface area contributed by atoms with Crippen molar-refractivity contribution < 1.29 is 17.2 Å². The number of aromatic nitrogens is 2. The third kappa shape index (κ3) is 2.55. The zero-order chi connectivity index (χ0) is 14.2. The molecule has 9 heteroatoms. The van der Waals surface area contributed by atoms with Gasteiger partial charge in [0.2, 0.25) is 10.0 Å². The molecule has 1 heterocycles. The number of sulfonamides is 1. The average Bonchev–Trinajstić information content (AvgIpc) is 2.34. The highest BCUT2D eigenvalue weighted by Gasteiger charge is 2.25. The van der Waals surface area contributed by atoms with E-state index in [1.807, 2.05) is 0 Å². The van der Waals surface area contributed by atoms with Gasteiger partial charge in [0.1, 0.15) is 4.90 Å². The first-order valence-corrected chi connectivity index (χ1v) is 6.73. The van der Waals surface area contributed by atoms with Gasteiger partial charge in [0.25, 0.3) is 0 Å². The van der Waals surface area contributed by atoms with Gasteiger partial charge in [-0.25, -0.2) is 22.3 Å². The average molecular weight is 306 g/mol. The van der Waals surface area contributed by atoms with E-state index >= 15 is 0 Å². The van der Waals surface area contributed by atoms with Crippen molar-refractivity contribution in [3.63, 3.8) is 0 Å². The molecule has 0 atom stereocenters. The van der Waals surface area contributed by atoms with Gasteiger partial charge < -0.3 is 0 Å². The molecule has 100 valence electrons. The van der Waals surface area contributed by atoms with Crippen LogP contribution in [0.3, 0.4) is 0 Å². The van der Waals surface area contributed by atoms with Crippen molar-refractivity contribution in [2.45, 2.75) is 4.90 Å². The number of hydrogen-bond acceptors (Lipinski definition) is 4. The maximum Gasteiger partial charge on any atom is 0.241 e. The van der Waals surface area contributed by atoms with Gasteiger partial charge in [0.15, 0.2) is 11.6 Å². The summed E-state index contributed by atoms with van der Waals surface area (Å²) < 4.78 is 50.4. The summed E-state index contributed by atoms with van der Waals surface area (Å²) in [6.45, 7) is 0. The fraction of sp³-hybridized carbons (Fsp3) is 0. The summed E-state index contributed by atoms with van der Waals surface area (Å²) in [5.41, 5.74) is -0.880. The molecule has 0 aliphatic heterocycles. The molecule has 2 rings (SSSR count). The Balaban J connectivity index is 2.85. The van der Waals surface area contributed by atoms with Crippen LogP contribution in [0.2, 0.25) is 5.02 Å². The maximum absolute atomic E-state index is 14.1. The molecule has 2 N–H and O–H groups in total. The summed E-state index contributed by atoms with van der Waals surface area (Å²) in [5.74, 6) is -2.49. The summed E-state index contributed by atoms with van der Waals surface area (Å²) in [7, 11) is -4.38. The predicted octanol–water partition coefficient (Wildman–Crippen LogP) is 1.72. The molecule has 1 aromatic carbocycles. The van der Waals surface area contributed by atoms with Crippen molar-refractivity contribution in [1.29, 1.82) is 0 Å². The van der Waals surface area contributed by atoms with Crippen LogP contribution in [0.25, 0.3) is 11.3 Å². The lowest BCUT2D eigenvalue weighted by Gasteiger charge is -2.09. The van der Waals surface area contributed by atoms with E-state index < -0.39 is 37.1 Å². The Hall–Kier alpha value is -1.64. The van der Waals surface area contributed by atoms with E-state index in [0.29, 0.717) is 6.07 Å². The number of halogens is 3. The molecule has 0 bridgehead atoms. The smallest absolute Gasteiger partial charge is 0.225 e. The first kappa shape index (κ1) is 13.8.